The highest BCUT2D eigenvalue weighted by atomic mass is 16.6. The summed E-state index contributed by atoms with van der Waals surface area (Å²) in [5, 5.41) is 0. The number of rotatable bonds is 66. The van der Waals surface area contributed by atoms with Crippen molar-refractivity contribution in [1.82, 2.24) is 0 Å². The smallest absolute Gasteiger partial charge is 0.306 e. The zero-order valence-electron chi connectivity index (χ0n) is 54.8. The van der Waals surface area contributed by atoms with Gasteiger partial charge in [-0.15, -0.1) is 0 Å². The molecule has 6 heteroatoms. The fourth-order valence-corrected chi connectivity index (χ4v) is 10.6. The topological polar surface area (TPSA) is 78.9 Å². The molecule has 6 nitrogen and oxygen atoms in total. The van der Waals surface area contributed by atoms with Crippen LogP contribution in [0.4, 0.5) is 0 Å². The highest BCUT2D eigenvalue weighted by Crippen LogP contribution is 2.18. The molecule has 0 aromatic rings. The summed E-state index contributed by atoms with van der Waals surface area (Å²) >= 11 is 0. The minimum Gasteiger partial charge on any atom is -0.462 e. The molecule has 1 unspecified atom stereocenters. The van der Waals surface area contributed by atoms with Crippen molar-refractivity contribution in [2.45, 2.75) is 380 Å². The van der Waals surface area contributed by atoms with Gasteiger partial charge in [-0.1, -0.05) is 344 Å². The molecule has 476 valence electrons. The molecule has 0 rings (SSSR count). The Balaban J connectivity index is 4.15. The number of esters is 3. The van der Waals surface area contributed by atoms with Crippen LogP contribution in [0.1, 0.15) is 374 Å². The lowest BCUT2D eigenvalue weighted by Gasteiger charge is -2.18. The Morgan fingerprint density at radius 2 is 0.488 bits per heavy atom. The van der Waals surface area contributed by atoms with Crippen molar-refractivity contribution in [2.75, 3.05) is 13.2 Å². The quantitative estimate of drug-likeness (QED) is 0.0261. The molecule has 0 saturated carbocycles. The molecule has 0 bridgehead atoms. The number of ether oxygens (including phenoxy) is 3. The van der Waals surface area contributed by atoms with E-state index < -0.39 is 6.10 Å². The first-order chi connectivity index (χ1) is 40.5. The molecular formula is C76H136O6. The van der Waals surface area contributed by atoms with Gasteiger partial charge in [0.05, 0.1) is 0 Å². The standard InChI is InChI=1S/C76H136O6/c1-4-7-10-13-16-19-22-25-28-30-31-32-33-34-35-36-37-38-39-40-41-42-43-44-45-47-48-51-54-57-60-63-66-69-75(78)81-72-73(71-80-74(77)68-65-62-59-56-53-50-27-24-21-18-15-12-9-6-3)82-76(79)70-67-64-61-58-55-52-49-46-29-26-23-20-17-14-11-8-5-2/h8,11,15,17-18,20,24,26-27,29,49,52,73H,4-7,9-10,12-14,16,19,21-23,25,28,30-48,50-51,53-72H2,1-3H3/b11-8-,18-15-,20-17-,27-24-,29-26-,52-49-. The number of unbranched alkanes of at least 4 members (excludes halogenated alkanes) is 43. The molecule has 0 amide bonds. The molecule has 0 aromatic carbocycles. The summed E-state index contributed by atoms with van der Waals surface area (Å²) in [6.07, 6.45) is 92.4. The summed E-state index contributed by atoms with van der Waals surface area (Å²) in [7, 11) is 0. The van der Waals surface area contributed by atoms with Crippen molar-refractivity contribution in [2.24, 2.45) is 0 Å². The SMILES string of the molecule is CC/C=C\C/C=C\C/C=C\C/C=C\CCCCCCC(=O)OC(COC(=O)CCCCCCC/C=C\C/C=C\CCCC)COC(=O)CCCCCCCCCCCCCCCCCCCCCCCCCCCCCCCCCCC. The van der Waals surface area contributed by atoms with E-state index in [4.69, 9.17) is 14.2 Å². The van der Waals surface area contributed by atoms with Crippen molar-refractivity contribution in [1.29, 1.82) is 0 Å². The molecule has 0 heterocycles. The van der Waals surface area contributed by atoms with Gasteiger partial charge in [-0.05, 0) is 83.5 Å². The molecule has 0 aliphatic rings. The first-order valence-electron chi connectivity index (χ1n) is 35.9. The average molecular weight is 1150 g/mol. The van der Waals surface area contributed by atoms with Gasteiger partial charge in [-0.2, -0.15) is 0 Å². The second-order valence-electron chi connectivity index (χ2n) is 24.1. The Labute approximate surface area is 510 Å². The fraction of sp³-hybridized carbons (Fsp3) is 0.803. The third-order valence-electron chi connectivity index (χ3n) is 15.9. The number of carbonyl (C=O) groups excluding carboxylic acids is 3. The lowest BCUT2D eigenvalue weighted by Crippen LogP contribution is -2.30. The minimum atomic E-state index is -0.795. The van der Waals surface area contributed by atoms with Gasteiger partial charge in [0.15, 0.2) is 6.10 Å². The summed E-state index contributed by atoms with van der Waals surface area (Å²) in [5.41, 5.74) is 0. The summed E-state index contributed by atoms with van der Waals surface area (Å²) in [5.74, 6) is -0.908. The Morgan fingerprint density at radius 3 is 0.780 bits per heavy atom. The number of carbonyl (C=O) groups is 3. The normalized spacial score (nSPS) is 12.5. The van der Waals surface area contributed by atoms with E-state index in [0.29, 0.717) is 19.3 Å². The van der Waals surface area contributed by atoms with Crippen molar-refractivity contribution >= 4 is 17.9 Å². The summed E-state index contributed by atoms with van der Waals surface area (Å²) in [6.45, 7) is 6.51. The third-order valence-corrected chi connectivity index (χ3v) is 15.9. The third kappa shape index (κ3) is 67.6. The van der Waals surface area contributed by atoms with Gasteiger partial charge in [0, 0.05) is 19.3 Å². The zero-order valence-corrected chi connectivity index (χ0v) is 54.8. The maximum Gasteiger partial charge on any atom is 0.306 e. The Hall–Kier alpha value is -3.15. The molecule has 0 aromatic heterocycles. The van der Waals surface area contributed by atoms with Crippen LogP contribution in [-0.4, -0.2) is 37.2 Å². The van der Waals surface area contributed by atoms with Crippen LogP contribution < -0.4 is 0 Å². The zero-order chi connectivity index (χ0) is 59.2. The van der Waals surface area contributed by atoms with Crippen molar-refractivity contribution in [3.8, 4) is 0 Å². The van der Waals surface area contributed by atoms with Gasteiger partial charge in [0.2, 0.25) is 0 Å². The minimum absolute atomic E-state index is 0.0873. The van der Waals surface area contributed by atoms with Crippen molar-refractivity contribution in [3.05, 3.63) is 72.9 Å². The molecule has 1 atom stereocenters. The molecule has 0 fully saturated rings. The van der Waals surface area contributed by atoms with Crippen LogP contribution in [0.3, 0.4) is 0 Å². The first kappa shape index (κ1) is 78.8. The van der Waals surface area contributed by atoms with Crippen LogP contribution in [0.2, 0.25) is 0 Å². The van der Waals surface area contributed by atoms with Gasteiger partial charge < -0.3 is 14.2 Å². The highest BCUT2D eigenvalue weighted by Gasteiger charge is 2.19. The summed E-state index contributed by atoms with van der Waals surface area (Å²) in [6, 6.07) is 0. The van der Waals surface area contributed by atoms with Crippen LogP contribution in [0.25, 0.3) is 0 Å². The average Bonchev–Trinajstić information content (AvgIpc) is 3.48. The van der Waals surface area contributed by atoms with E-state index in [-0.39, 0.29) is 31.1 Å². The maximum absolute atomic E-state index is 12.9. The predicted molar refractivity (Wildman–Crippen MR) is 358 cm³/mol. The van der Waals surface area contributed by atoms with Crippen LogP contribution in [0.5, 0.6) is 0 Å². The molecule has 0 N–H and O–H groups in total. The van der Waals surface area contributed by atoms with Gasteiger partial charge in [0.1, 0.15) is 13.2 Å². The van der Waals surface area contributed by atoms with E-state index in [1.807, 2.05) is 0 Å². The number of hydrogen-bond acceptors (Lipinski definition) is 6. The molecule has 0 radical (unpaired) electrons. The van der Waals surface area contributed by atoms with Crippen LogP contribution in [-0.2, 0) is 28.6 Å². The van der Waals surface area contributed by atoms with E-state index in [1.165, 1.54) is 212 Å². The molecule has 0 aliphatic carbocycles. The number of hydrogen-bond donors (Lipinski definition) is 0. The highest BCUT2D eigenvalue weighted by molar-refractivity contribution is 5.71. The van der Waals surface area contributed by atoms with Crippen LogP contribution >= 0.6 is 0 Å². The van der Waals surface area contributed by atoms with Gasteiger partial charge in [-0.3, -0.25) is 14.4 Å². The predicted octanol–water partition coefficient (Wildman–Crippen LogP) is 24.8. The summed E-state index contributed by atoms with van der Waals surface area (Å²) < 4.78 is 16.9. The Kier molecular flexibility index (Phi) is 67.6. The number of allylic oxidation sites excluding steroid dienone is 12. The molecular weight excluding hydrogens is 1010 g/mol. The lowest BCUT2D eigenvalue weighted by molar-refractivity contribution is -0.167. The largest absolute Gasteiger partial charge is 0.462 e. The maximum atomic E-state index is 12.9. The van der Waals surface area contributed by atoms with Gasteiger partial charge in [-0.25, -0.2) is 0 Å². The Morgan fingerprint density at radius 1 is 0.256 bits per heavy atom. The van der Waals surface area contributed by atoms with E-state index >= 15 is 0 Å². The van der Waals surface area contributed by atoms with Crippen LogP contribution in [0, 0.1) is 0 Å². The second kappa shape index (κ2) is 70.3. The molecule has 0 aliphatic heterocycles. The second-order valence-corrected chi connectivity index (χ2v) is 24.1. The van der Waals surface area contributed by atoms with E-state index in [9.17, 15) is 14.4 Å². The molecule has 0 spiro atoms. The van der Waals surface area contributed by atoms with E-state index in [0.717, 1.165) is 122 Å². The van der Waals surface area contributed by atoms with Crippen LogP contribution in [0.15, 0.2) is 72.9 Å². The van der Waals surface area contributed by atoms with E-state index in [2.05, 4.69) is 93.7 Å². The van der Waals surface area contributed by atoms with Gasteiger partial charge in [0.25, 0.3) is 0 Å². The lowest BCUT2D eigenvalue weighted by atomic mass is 10.0. The Bertz CT molecular complexity index is 1500. The monoisotopic (exact) mass is 1150 g/mol. The van der Waals surface area contributed by atoms with Crippen molar-refractivity contribution in [3.63, 3.8) is 0 Å². The van der Waals surface area contributed by atoms with Gasteiger partial charge >= 0.3 is 17.9 Å². The molecule has 0 saturated heterocycles. The van der Waals surface area contributed by atoms with E-state index in [1.54, 1.807) is 0 Å². The first-order valence-corrected chi connectivity index (χ1v) is 35.9. The molecule has 82 heavy (non-hydrogen) atoms. The van der Waals surface area contributed by atoms with Crippen molar-refractivity contribution < 1.29 is 28.6 Å². The summed E-state index contributed by atoms with van der Waals surface area (Å²) in [4.78, 5) is 38.4. The fourth-order valence-electron chi connectivity index (χ4n) is 10.6.